The number of nitrogens with zero attached hydrogens (tertiary/aromatic N) is 1. The van der Waals surface area contributed by atoms with Crippen molar-refractivity contribution in [3.63, 3.8) is 0 Å². The van der Waals surface area contributed by atoms with Crippen LogP contribution in [0.5, 0.6) is 11.5 Å². The second-order valence-electron chi connectivity index (χ2n) is 7.41. The van der Waals surface area contributed by atoms with Gasteiger partial charge < -0.3 is 14.5 Å². The molecule has 0 radical (unpaired) electrons. The monoisotopic (exact) mass is 461 g/mol. The number of hydrogen-bond donors (Lipinski definition) is 2. The van der Waals surface area contributed by atoms with E-state index in [1.165, 1.54) is 24.3 Å². The fraction of sp³-hybridized carbons (Fsp3) is 0.160. The number of methoxy groups -OCH3 is 2. The molecule has 3 aromatic carbocycles. The van der Waals surface area contributed by atoms with Crippen molar-refractivity contribution in [1.82, 2.24) is 9.71 Å². The standard InChI is InChI=1S/C25H23N3O4S/c1-31-24-9-5-7-20(25(24)32-2)22(21-15-27-23-8-4-3-6-19(21)23)16-28-33(29,30)18-12-10-17(14-26)11-13-18/h3-13,15,22,27-28H,16H2,1-2H3. The van der Waals surface area contributed by atoms with Crippen molar-refractivity contribution in [3.05, 3.63) is 89.6 Å². The lowest BCUT2D eigenvalue weighted by atomic mass is 9.90. The fourth-order valence-corrected chi connectivity index (χ4v) is 4.99. The summed E-state index contributed by atoms with van der Waals surface area (Å²) in [6.07, 6.45) is 1.89. The van der Waals surface area contributed by atoms with Crippen molar-refractivity contribution >= 4 is 20.9 Å². The molecule has 0 aliphatic heterocycles. The topological polar surface area (TPSA) is 104 Å². The minimum absolute atomic E-state index is 0.0910. The Bertz CT molecular complexity index is 1420. The molecule has 0 saturated carbocycles. The maximum absolute atomic E-state index is 13.0. The predicted octanol–water partition coefficient (Wildman–Crippen LogP) is 4.17. The van der Waals surface area contributed by atoms with Gasteiger partial charge in [-0.15, -0.1) is 0 Å². The second-order valence-corrected chi connectivity index (χ2v) is 9.18. The molecule has 2 N–H and O–H groups in total. The molecule has 1 atom stereocenters. The number of nitrogens with one attached hydrogen (secondary N) is 2. The van der Waals surface area contributed by atoms with E-state index >= 15 is 0 Å². The van der Waals surface area contributed by atoms with Crippen LogP contribution in [0.3, 0.4) is 0 Å². The van der Waals surface area contributed by atoms with E-state index in [-0.39, 0.29) is 17.4 Å². The molecule has 4 aromatic rings. The number of aromatic amines is 1. The third-order valence-electron chi connectivity index (χ3n) is 5.58. The fourth-order valence-electron chi connectivity index (χ4n) is 3.94. The maximum atomic E-state index is 13.0. The average molecular weight is 462 g/mol. The van der Waals surface area contributed by atoms with Crippen molar-refractivity contribution in [2.75, 3.05) is 20.8 Å². The van der Waals surface area contributed by atoms with Crippen LogP contribution in [0.1, 0.15) is 22.6 Å². The molecule has 1 aromatic heterocycles. The predicted molar refractivity (Wildman–Crippen MR) is 126 cm³/mol. The molecule has 1 heterocycles. The van der Waals surface area contributed by atoms with E-state index in [9.17, 15) is 8.42 Å². The number of nitriles is 1. The van der Waals surface area contributed by atoms with Gasteiger partial charge in [0.1, 0.15) is 0 Å². The molecule has 0 fully saturated rings. The van der Waals surface area contributed by atoms with Gasteiger partial charge in [-0.05, 0) is 42.0 Å². The molecule has 0 saturated heterocycles. The van der Waals surface area contributed by atoms with Crippen molar-refractivity contribution in [1.29, 1.82) is 5.26 Å². The summed E-state index contributed by atoms with van der Waals surface area (Å²) in [6, 6.07) is 21.2. The Labute approximate surface area is 192 Å². The minimum Gasteiger partial charge on any atom is -0.493 e. The lowest BCUT2D eigenvalue weighted by Crippen LogP contribution is -2.29. The highest BCUT2D eigenvalue weighted by molar-refractivity contribution is 7.89. The number of rotatable bonds is 8. The first-order chi connectivity index (χ1) is 16.0. The Morgan fingerprint density at radius 1 is 0.970 bits per heavy atom. The van der Waals surface area contributed by atoms with Gasteiger partial charge in [-0.2, -0.15) is 5.26 Å². The van der Waals surface area contributed by atoms with Crippen LogP contribution < -0.4 is 14.2 Å². The number of sulfonamides is 1. The molecule has 8 heteroatoms. The molecule has 168 valence electrons. The number of ether oxygens (including phenoxy) is 2. The average Bonchev–Trinajstić information content (AvgIpc) is 3.28. The lowest BCUT2D eigenvalue weighted by Gasteiger charge is -2.22. The van der Waals surface area contributed by atoms with Crippen LogP contribution in [-0.4, -0.2) is 34.2 Å². The summed E-state index contributed by atoms with van der Waals surface area (Å²) in [6.45, 7) is 0.0910. The number of benzene rings is 3. The zero-order valence-corrected chi connectivity index (χ0v) is 19.0. The smallest absolute Gasteiger partial charge is 0.240 e. The molecule has 0 bridgehead atoms. The molecule has 1 unspecified atom stereocenters. The first-order valence-electron chi connectivity index (χ1n) is 10.2. The van der Waals surface area contributed by atoms with Gasteiger partial charge in [0.25, 0.3) is 0 Å². The van der Waals surface area contributed by atoms with Crippen LogP contribution in [0.2, 0.25) is 0 Å². The molecular formula is C25H23N3O4S. The second kappa shape index (κ2) is 9.36. The zero-order valence-electron chi connectivity index (χ0n) is 18.2. The lowest BCUT2D eigenvalue weighted by molar-refractivity contribution is 0.350. The van der Waals surface area contributed by atoms with Crippen molar-refractivity contribution in [2.45, 2.75) is 10.8 Å². The van der Waals surface area contributed by atoms with Gasteiger partial charge in [0.05, 0.1) is 30.7 Å². The number of hydrogen-bond acceptors (Lipinski definition) is 5. The Morgan fingerprint density at radius 2 is 1.73 bits per heavy atom. The first-order valence-corrected chi connectivity index (χ1v) is 11.7. The molecule has 7 nitrogen and oxygen atoms in total. The number of para-hydroxylation sites is 2. The van der Waals surface area contributed by atoms with Gasteiger partial charge in [0.15, 0.2) is 11.5 Å². The first kappa shape index (κ1) is 22.4. The third-order valence-corrected chi connectivity index (χ3v) is 7.02. The van der Waals surface area contributed by atoms with Crippen LogP contribution in [0.25, 0.3) is 10.9 Å². The van der Waals surface area contributed by atoms with Crippen LogP contribution in [0, 0.1) is 11.3 Å². The molecular weight excluding hydrogens is 438 g/mol. The van der Waals surface area contributed by atoms with Crippen LogP contribution in [0.15, 0.2) is 77.8 Å². The van der Waals surface area contributed by atoms with Gasteiger partial charge in [-0.25, -0.2) is 13.1 Å². The summed E-state index contributed by atoms with van der Waals surface area (Å²) in [7, 11) is -0.680. The Balaban J connectivity index is 1.76. The summed E-state index contributed by atoms with van der Waals surface area (Å²) >= 11 is 0. The SMILES string of the molecule is COc1cccc(C(CNS(=O)(=O)c2ccc(C#N)cc2)c2c[nH]c3ccccc23)c1OC. The summed E-state index contributed by atoms with van der Waals surface area (Å²) in [5, 5.41) is 9.97. The normalized spacial score (nSPS) is 12.3. The maximum Gasteiger partial charge on any atom is 0.240 e. The van der Waals surface area contributed by atoms with Crippen molar-refractivity contribution in [3.8, 4) is 17.6 Å². The largest absolute Gasteiger partial charge is 0.493 e. The van der Waals surface area contributed by atoms with E-state index in [4.69, 9.17) is 14.7 Å². The van der Waals surface area contributed by atoms with E-state index in [2.05, 4.69) is 9.71 Å². The van der Waals surface area contributed by atoms with Crippen molar-refractivity contribution < 1.29 is 17.9 Å². The van der Waals surface area contributed by atoms with Crippen LogP contribution >= 0.6 is 0 Å². The highest BCUT2D eigenvalue weighted by Crippen LogP contribution is 2.40. The highest BCUT2D eigenvalue weighted by Gasteiger charge is 2.26. The summed E-state index contributed by atoms with van der Waals surface area (Å²) in [4.78, 5) is 3.36. The van der Waals surface area contributed by atoms with Gasteiger partial charge in [-0.1, -0.05) is 30.3 Å². The molecule has 33 heavy (non-hydrogen) atoms. The van der Waals surface area contributed by atoms with Gasteiger partial charge in [0.2, 0.25) is 10.0 Å². The number of H-pyrrole nitrogens is 1. The van der Waals surface area contributed by atoms with E-state index in [1.807, 2.05) is 48.7 Å². The quantitative estimate of drug-likeness (QED) is 0.410. The van der Waals surface area contributed by atoms with E-state index < -0.39 is 10.0 Å². The van der Waals surface area contributed by atoms with Gasteiger partial charge in [0, 0.05) is 35.1 Å². The van der Waals surface area contributed by atoms with Gasteiger partial charge in [-0.3, -0.25) is 0 Å². The van der Waals surface area contributed by atoms with Gasteiger partial charge >= 0.3 is 0 Å². The Kier molecular flexibility index (Phi) is 6.36. The van der Waals surface area contributed by atoms with Crippen molar-refractivity contribution in [2.24, 2.45) is 0 Å². The third kappa shape index (κ3) is 4.42. The van der Waals surface area contributed by atoms with Crippen LogP contribution in [-0.2, 0) is 10.0 Å². The molecule has 0 amide bonds. The molecule has 0 aliphatic rings. The highest BCUT2D eigenvalue weighted by atomic mass is 32.2. The number of fused-ring (bicyclic) bond motifs is 1. The molecule has 4 rings (SSSR count). The summed E-state index contributed by atoms with van der Waals surface area (Å²) in [5.41, 5.74) is 3.07. The Hall–Kier alpha value is -3.80. The number of aromatic nitrogens is 1. The molecule has 0 aliphatic carbocycles. The molecule has 0 spiro atoms. The Morgan fingerprint density at radius 3 is 2.42 bits per heavy atom. The van der Waals surface area contributed by atoms with E-state index in [0.29, 0.717) is 17.1 Å². The minimum atomic E-state index is -3.81. The summed E-state index contributed by atoms with van der Waals surface area (Å²) in [5.74, 6) is 0.752. The summed E-state index contributed by atoms with van der Waals surface area (Å²) < 4.78 is 39.9. The van der Waals surface area contributed by atoms with E-state index in [1.54, 1.807) is 20.3 Å². The van der Waals surface area contributed by atoms with Crippen LogP contribution in [0.4, 0.5) is 0 Å². The zero-order chi connectivity index (χ0) is 23.4. The van der Waals surface area contributed by atoms with E-state index in [0.717, 1.165) is 22.0 Å².